The molecule has 3 aromatic rings. The molecule has 3 nitrogen and oxygen atoms in total. The van der Waals surface area contributed by atoms with E-state index in [-0.39, 0.29) is 0 Å². The minimum atomic E-state index is -0.821. The van der Waals surface area contributed by atoms with E-state index < -0.39 is 7.92 Å². The molecule has 0 aromatic heterocycles. The Labute approximate surface area is 285 Å². The van der Waals surface area contributed by atoms with E-state index in [0.29, 0.717) is 0 Å². The normalized spacial score (nSPS) is 11.3. The van der Waals surface area contributed by atoms with Crippen LogP contribution in [0.4, 0.5) is 17.1 Å². The summed E-state index contributed by atoms with van der Waals surface area (Å²) in [6, 6.07) is 28.4. The Bertz CT molecular complexity index is 1050. The lowest BCUT2D eigenvalue weighted by molar-refractivity contribution is 0.678. The van der Waals surface area contributed by atoms with Crippen molar-refractivity contribution in [1.82, 2.24) is 0 Å². The van der Waals surface area contributed by atoms with Crippen LogP contribution in [0.1, 0.15) is 119 Å². The summed E-state index contributed by atoms with van der Waals surface area (Å²) in [5.41, 5.74) is 4.34. The van der Waals surface area contributed by atoms with Crippen LogP contribution in [0, 0.1) is 0 Å². The van der Waals surface area contributed by atoms with Gasteiger partial charge in [-0.1, -0.05) is 135 Å². The molecule has 0 saturated carbocycles. The molecule has 0 radical (unpaired) electrons. The largest absolute Gasteiger partial charge is 0.371 e. The fourth-order valence-corrected chi connectivity index (χ4v) is 9.12. The predicted molar refractivity (Wildman–Crippen MR) is 211 cm³/mol. The van der Waals surface area contributed by atoms with Gasteiger partial charge in [-0.3, -0.25) is 0 Å². The van der Waals surface area contributed by atoms with E-state index in [1.807, 2.05) is 0 Å². The van der Waals surface area contributed by atoms with Crippen LogP contribution in [0.5, 0.6) is 0 Å². The summed E-state index contributed by atoms with van der Waals surface area (Å²) in [5.74, 6) is 0. The first-order chi connectivity index (χ1) is 22.6. The number of anilines is 3. The maximum Gasteiger partial charge on any atom is 0.0451 e. The number of hydrogen-bond donors (Lipinski definition) is 0. The summed E-state index contributed by atoms with van der Waals surface area (Å²) < 4.78 is 0. The first kappa shape index (κ1) is 37.9. The summed E-state index contributed by atoms with van der Waals surface area (Å²) in [6.45, 7) is 20.7. The Kier molecular flexibility index (Phi) is 18.3. The van der Waals surface area contributed by atoms with Gasteiger partial charge in [0.25, 0.3) is 0 Å². The molecule has 254 valence electrons. The molecule has 3 aromatic carbocycles. The monoisotopic (exact) mass is 643 g/mol. The third-order valence-corrected chi connectivity index (χ3v) is 11.7. The van der Waals surface area contributed by atoms with Gasteiger partial charge in [0.15, 0.2) is 0 Å². The van der Waals surface area contributed by atoms with Crippen LogP contribution in [0.15, 0.2) is 72.8 Å². The zero-order valence-corrected chi connectivity index (χ0v) is 31.3. The van der Waals surface area contributed by atoms with E-state index in [4.69, 9.17) is 0 Å². The van der Waals surface area contributed by atoms with E-state index >= 15 is 0 Å². The van der Waals surface area contributed by atoms with Crippen LogP contribution in [0.2, 0.25) is 0 Å². The van der Waals surface area contributed by atoms with Crippen molar-refractivity contribution in [1.29, 1.82) is 0 Å². The van der Waals surface area contributed by atoms with Crippen molar-refractivity contribution in [3.8, 4) is 0 Å². The van der Waals surface area contributed by atoms with Crippen molar-refractivity contribution < 1.29 is 0 Å². The summed E-state index contributed by atoms with van der Waals surface area (Å²) in [6.07, 6.45) is 14.7. The Morgan fingerprint density at radius 1 is 0.348 bits per heavy atom. The molecule has 0 heterocycles. The molecule has 0 atom stereocenters. The van der Waals surface area contributed by atoms with Crippen molar-refractivity contribution in [2.24, 2.45) is 0 Å². The first-order valence-corrected chi connectivity index (χ1v) is 20.3. The lowest BCUT2D eigenvalue weighted by Gasteiger charge is -2.36. The molecular weight excluding hydrogens is 577 g/mol. The molecule has 0 aliphatic heterocycles. The van der Waals surface area contributed by atoms with Crippen molar-refractivity contribution in [2.75, 3.05) is 54.0 Å². The molecule has 0 bridgehead atoms. The average Bonchev–Trinajstić information content (AvgIpc) is 3.10. The summed E-state index contributed by atoms with van der Waals surface area (Å²) in [5, 5.41) is 4.55. The molecule has 0 aliphatic carbocycles. The quantitative estimate of drug-likeness (QED) is 0.0900. The van der Waals surface area contributed by atoms with Gasteiger partial charge < -0.3 is 14.7 Å². The van der Waals surface area contributed by atoms with E-state index in [0.717, 1.165) is 39.3 Å². The Morgan fingerprint density at radius 2 is 0.565 bits per heavy atom. The van der Waals surface area contributed by atoms with Gasteiger partial charge >= 0.3 is 0 Å². The maximum absolute atomic E-state index is 2.72. The van der Waals surface area contributed by atoms with Gasteiger partial charge in [0.05, 0.1) is 0 Å². The predicted octanol–water partition coefficient (Wildman–Crippen LogP) is 10.7. The van der Waals surface area contributed by atoms with Crippen molar-refractivity contribution in [3.05, 3.63) is 72.8 Å². The van der Waals surface area contributed by atoms with Crippen molar-refractivity contribution in [3.63, 3.8) is 0 Å². The molecule has 0 amide bonds. The van der Waals surface area contributed by atoms with Crippen LogP contribution in [0.25, 0.3) is 0 Å². The van der Waals surface area contributed by atoms with Gasteiger partial charge in [0, 0.05) is 72.2 Å². The summed E-state index contributed by atoms with van der Waals surface area (Å²) >= 11 is 0. The van der Waals surface area contributed by atoms with Crippen LogP contribution in [0.3, 0.4) is 0 Å². The van der Waals surface area contributed by atoms with Crippen LogP contribution >= 0.6 is 7.92 Å². The molecule has 4 heteroatoms. The molecule has 0 saturated heterocycles. The second-order valence-corrected chi connectivity index (χ2v) is 15.0. The second kappa shape index (κ2) is 22.1. The number of unbranched alkanes of at least 4 members (excludes halogenated alkanes) is 6. The van der Waals surface area contributed by atoms with Gasteiger partial charge in [-0.05, 0) is 64.6 Å². The fraction of sp³-hybridized carbons (Fsp3) is 0.571. The van der Waals surface area contributed by atoms with Gasteiger partial charge in [-0.25, -0.2) is 0 Å². The zero-order chi connectivity index (χ0) is 33.0. The van der Waals surface area contributed by atoms with E-state index in [1.54, 1.807) is 0 Å². The van der Waals surface area contributed by atoms with Crippen molar-refractivity contribution in [2.45, 2.75) is 119 Å². The molecule has 0 unspecified atom stereocenters. The molecule has 0 spiro atoms. The average molecular weight is 644 g/mol. The molecule has 0 fully saturated rings. The Morgan fingerprint density at radius 3 is 0.783 bits per heavy atom. The van der Waals surface area contributed by atoms with Gasteiger partial charge in [0.1, 0.15) is 0 Å². The molecular formula is C42H66N3P. The zero-order valence-electron chi connectivity index (χ0n) is 30.4. The number of nitrogens with zero attached hydrogens (tertiary/aromatic N) is 3. The minimum Gasteiger partial charge on any atom is -0.371 e. The Hall–Kier alpha value is -2.51. The second-order valence-electron chi connectivity index (χ2n) is 12.9. The highest BCUT2D eigenvalue weighted by molar-refractivity contribution is 7.80. The van der Waals surface area contributed by atoms with Gasteiger partial charge in [0.2, 0.25) is 0 Å². The third kappa shape index (κ3) is 11.0. The number of benzene rings is 3. The summed E-state index contributed by atoms with van der Waals surface area (Å²) in [4.78, 5) is 8.17. The molecule has 46 heavy (non-hydrogen) atoms. The highest BCUT2D eigenvalue weighted by Gasteiger charge is 2.28. The highest BCUT2D eigenvalue weighted by atomic mass is 31.1. The highest BCUT2D eigenvalue weighted by Crippen LogP contribution is 2.43. The summed E-state index contributed by atoms with van der Waals surface area (Å²) in [7, 11) is -0.821. The van der Waals surface area contributed by atoms with Crippen LogP contribution in [-0.4, -0.2) is 39.3 Å². The molecule has 0 aliphatic rings. The van der Waals surface area contributed by atoms with E-state index in [2.05, 4.69) is 129 Å². The van der Waals surface area contributed by atoms with Crippen molar-refractivity contribution >= 4 is 40.9 Å². The minimum absolute atomic E-state index is 0.821. The van der Waals surface area contributed by atoms with E-state index in [9.17, 15) is 0 Å². The topological polar surface area (TPSA) is 9.72 Å². The fourth-order valence-electron chi connectivity index (χ4n) is 6.30. The SMILES string of the molecule is CCCCN(CCCC)c1ccccc1P(c1ccccc1N(CCCC)CCCC)c1ccccc1N(CCCC)CCCC. The Balaban J connectivity index is 2.34. The number of para-hydroxylation sites is 3. The molecule has 3 rings (SSSR count). The third-order valence-electron chi connectivity index (χ3n) is 9.08. The van der Waals surface area contributed by atoms with Gasteiger partial charge in [-0.2, -0.15) is 0 Å². The molecule has 0 N–H and O–H groups in total. The number of rotatable bonds is 24. The number of hydrogen-bond acceptors (Lipinski definition) is 3. The lowest BCUT2D eigenvalue weighted by Crippen LogP contribution is -2.37. The standard InChI is InChI=1S/C42H66N3P/c1-7-13-31-43(32-14-8-2)37-25-19-22-28-40(37)46(41-29-23-20-26-38(41)44(33-15-9-3)34-16-10-4)42-30-24-21-27-39(42)45(35-17-11-5)36-18-12-6/h19-30H,7-18,31-36H2,1-6H3. The van der Waals surface area contributed by atoms with Gasteiger partial charge in [-0.15, -0.1) is 0 Å². The smallest absolute Gasteiger partial charge is 0.0451 e. The van der Waals surface area contributed by atoms with Crippen LogP contribution in [-0.2, 0) is 0 Å². The van der Waals surface area contributed by atoms with Crippen LogP contribution < -0.4 is 30.6 Å². The lowest BCUT2D eigenvalue weighted by atomic mass is 10.2. The first-order valence-electron chi connectivity index (χ1n) is 19.0. The van der Waals surface area contributed by atoms with E-state index in [1.165, 1.54) is 110 Å². The maximum atomic E-state index is 2.72.